The van der Waals surface area contributed by atoms with Crippen molar-refractivity contribution < 1.29 is 24.0 Å². The lowest BCUT2D eigenvalue weighted by molar-refractivity contribution is -0.385. The summed E-state index contributed by atoms with van der Waals surface area (Å²) < 4.78 is 10.7. The topological polar surface area (TPSA) is 128 Å². The van der Waals surface area contributed by atoms with Crippen LogP contribution in [-0.4, -0.2) is 70.2 Å². The lowest BCUT2D eigenvalue weighted by atomic mass is 9.67. The Balaban J connectivity index is 1.73. The van der Waals surface area contributed by atoms with Gasteiger partial charge in [-0.25, -0.2) is 9.78 Å². The Morgan fingerprint density at radius 3 is 2.59 bits per heavy atom. The first kappa shape index (κ1) is 28.5. The Labute approximate surface area is 232 Å². The molecule has 4 rings (SSSR count). The molecular formula is C27H34ClN5O6. The summed E-state index contributed by atoms with van der Waals surface area (Å²) in [6.45, 7) is 8.08. The van der Waals surface area contributed by atoms with Gasteiger partial charge < -0.3 is 19.3 Å². The van der Waals surface area contributed by atoms with Gasteiger partial charge >= 0.3 is 17.7 Å². The number of piperazine rings is 1. The van der Waals surface area contributed by atoms with E-state index in [2.05, 4.69) is 9.97 Å². The Bertz CT molecular complexity index is 1280. The Kier molecular flexibility index (Phi) is 8.02. The first-order chi connectivity index (χ1) is 18.4. The molecule has 1 aliphatic heterocycles. The third-order valence-electron chi connectivity index (χ3n) is 7.27. The van der Waals surface area contributed by atoms with E-state index in [0.29, 0.717) is 6.42 Å². The number of anilines is 1. The fourth-order valence-corrected chi connectivity index (χ4v) is 5.79. The van der Waals surface area contributed by atoms with Crippen LogP contribution in [-0.2, 0) is 32.5 Å². The van der Waals surface area contributed by atoms with Gasteiger partial charge in [0.05, 0.1) is 17.4 Å². The molecule has 0 unspecified atom stereocenters. The molecule has 2 aromatic rings. The number of carbonyl (C=O) groups excluding carboxylic acids is 2. The molecule has 0 bridgehead atoms. The third kappa shape index (κ3) is 5.78. The van der Waals surface area contributed by atoms with Crippen LogP contribution >= 0.6 is 11.6 Å². The van der Waals surface area contributed by atoms with Crippen molar-refractivity contribution in [2.75, 3.05) is 31.6 Å². The number of hydrogen-bond donors (Lipinski definition) is 0. The average Bonchev–Trinajstić information content (AvgIpc) is 2.86. The molecular weight excluding hydrogens is 526 g/mol. The van der Waals surface area contributed by atoms with E-state index in [1.54, 1.807) is 30.6 Å². The zero-order chi connectivity index (χ0) is 28.5. The van der Waals surface area contributed by atoms with E-state index in [9.17, 15) is 19.7 Å². The second kappa shape index (κ2) is 11.0. The summed E-state index contributed by atoms with van der Waals surface area (Å²) in [6.07, 6.45) is 1.46. The smallest absolute Gasteiger partial charge is 0.410 e. The van der Waals surface area contributed by atoms with Crippen LogP contribution in [0.15, 0.2) is 24.3 Å². The number of aryl methyl sites for hydroxylation is 1. The Morgan fingerprint density at radius 2 is 1.95 bits per heavy atom. The second-order valence-corrected chi connectivity index (χ2v) is 11.4. The van der Waals surface area contributed by atoms with Crippen LogP contribution in [0.1, 0.15) is 57.4 Å². The van der Waals surface area contributed by atoms with E-state index in [1.807, 2.05) is 31.2 Å². The standard InChI is InChI=1S/C27H34ClN5O6/c1-17-16-31(25(35)39-26(2,3)4)13-14-32(17)22-21(33(36)37)20(29-24(28)30-22)15-27(23(34)38-5)12-8-10-18-9-6-7-11-19(18)27/h6-7,9,11,17H,8,10,12-16H2,1-5H3/t17-,27-/m0/s1. The highest BCUT2D eigenvalue weighted by Gasteiger charge is 2.47. The lowest BCUT2D eigenvalue weighted by Gasteiger charge is -2.40. The molecule has 0 spiro atoms. The average molecular weight is 560 g/mol. The maximum absolute atomic E-state index is 13.3. The summed E-state index contributed by atoms with van der Waals surface area (Å²) in [7, 11) is 1.32. The van der Waals surface area contributed by atoms with Crippen molar-refractivity contribution in [3.63, 3.8) is 0 Å². The molecule has 0 N–H and O–H groups in total. The van der Waals surface area contributed by atoms with Gasteiger partial charge in [0.25, 0.3) is 0 Å². The van der Waals surface area contributed by atoms with Gasteiger partial charge in [0.15, 0.2) is 0 Å². The van der Waals surface area contributed by atoms with Crippen molar-refractivity contribution in [2.45, 2.75) is 70.4 Å². The summed E-state index contributed by atoms with van der Waals surface area (Å²) in [5.74, 6) is -0.407. The minimum Gasteiger partial charge on any atom is -0.468 e. The molecule has 1 amide bonds. The number of fused-ring (bicyclic) bond motifs is 1. The fraction of sp³-hybridized carbons (Fsp3) is 0.556. The van der Waals surface area contributed by atoms with Crippen molar-refractivity contribution in [2.24, 2.45) is 0 Å². The normalized spacial score (nSPS) is 21.2. The molecule has 1 aromatic heterocycles. The van der Waals surface area contributed by atoms with E-state index in [4.69, 9.17) is 21.1 Å². The molecule has 39 heavy (non-hydrogen) atoms. The van der Waals surface area contributed by atoms with Crippen LogP contribution < -0.4 is 4.90 Å². The number of amides is 1. The zero-order valence-corrected chi connectivity index (χ0v) is 23.7. The van der Waals surface area contributed by atoms with E-state index in [0.717, 1.165) is 24.0 Å². The number of nitro groups is 1. The van der Waals surface area contributed by atoms with Crippen LogP contribution in [0.3, 0.4) is 0 Å². The molecule has 1 saturated heterocycles. The number of methoxy groups -OCH3 is 1. The van der Waals surface area contributed by atoms with Crippen molar-refractivity contribution in [3.05, 3.63) is 56.5 Å². The van der Waals surface area contributed by atoms with Crippen LogP contribution in [0.5, 0.6) is 0 Å². The number of benzene rings is 1. The lowest BCUT2D eigenvalue weighted by Crippen LogP contribution is -2.55. The molecule has 0 saturated carbocycles. The third-order valence-corrected chi connectivity index (χ3v) is 7.44. The van der Waals surface area contributed by atoms with Crippen LogP contribution in [0.25, 0.3) is 0 Å². The molecule has 1 fully saturated rings. The second-order valence-electron chi connectivity index (χ2n) is 11.1. The van der Waals surface area contributed by atoms with E-state index in [-0.39, 0.29) is 54.6 Å². The Morgan fingerprint density at radius 1 is 1.23 bits per heavy atom. The maximum Gasteiger partial charge on any atom is 0.410 e. The van der Waals surface area contributed by atoms with Gasteiger partial charge in [0, 0.05) is 32.1 Å². The SMILES string of the molecule is COC(=O)[C@]1(Cc2nc(Cl)nc(N3CCN(C(=O)OC(C)(C)C)C[C@@H]3C)c2[N+](=O)[O-])CCCc2ccccc21. The van der Waals surface area contributed by atoms with Gasteiger partial charge in [-0.2, -0.15) is 4.98 Å². The molecule has 2 aliphatic rings. The van der Waals surface area contributed by atoms with Crippen LogP contribution in [0.2, 0.25) is 5.28 Å². The van der Waals surface area contributed by atoms with E-state index < -0.39 is 28.0 Å². The first-order valence-corrected chi connectivity index (χ1v) is 13.4. The minimum absolute atomic E-state index is 0.0610. The van der Waals surface area contributed by atoms with Crippen molar-refractivity contribution in [1.82, 2.24) is 14.9 Å². The summed E-state index contributed by atoms with van der Waals surface area (Å²) in [5.41, 5.74) is -0.234. The summed E-state index contributed by atoms with van der Waals surface area (Å²) >= 11 is 6.35. The van der Waals surface area contributed by atoms with Crippen LogP contribution in [0.4, 0.5) is 16.3 Å². The maximum atomic E-state index is 13.3. The molecule has 210 valence electrons. The number of esters is 1. The number of nitrogens with zero attached hydrogens (tertiary/aromatic N) is 5. The first-order valence-electron chi connectivity index (χ1n) is 13.0. The number of rotatable bonds is 5. The fourth-order valence-electron chi connectivity index (χ4n) is 5.60. The van der Waals surface area contributed by atoms with Crippen LogP contribution in [0, 0.1) is 10.1 Å². The van der Waals surface area contributed by atoms with Gasteiger partial charge in [0.2, 0.25) is 11.1 Å². The Hall–Kier alpha value is -3.47. The molecule has 2 atom stereocenters. The number of aromatic nitrogens is 2. The quantitative estimate of drug-likeness (QED) is 0.225. The highest BCUT2D eigenvalue weighted by atomic mass is 35.5. The molecule has 0 radical (unpaired) electrons. The minimum atomic E-state index is -1.15. The van der Waals surface area contributed by atoms with E-state index >= 15 is 0 Å². The molecule has 2 heterocycles. The van der Waals surface area contributed by atoms with Gasteiger partial charge in [-0.05, 0) is 69.7 Å². The number of ether oxygens (including phenoxy) is 2. The van der Waals surface area contributed by atoms with Crippen molar-refractivity contribution in [3.8, 4) is 0 Å². The monoisotopic (exact) mass is 559 g/mol. The summed E-state index contributed by atoms with van der Waals surface area (Å²) in [6, 6.07) is 7.27. The van der Waals surface area contributed by atoms with Gasteiger partial charge in [0.1, 0.15) is 11.3 Å². The predicted octanol–water partition coefficient (Wildman–Crippen LogP) is 4.47. The van der Waals surface area contributed by atoms with Crippen molar-refractivity contribution in [1.29, 1.82) is 0 Å². The van der Waals surface area contributed by atoms with E-state index in [1.165, 1.54) is 7.11 Å². The summed E-state index contributed by atoms with van der Waals surface area (Å²) in [5, 5.41) is 12.4. The number of carbonyl (C=O) groups is 2. The molecule has 1 aliphatic carbocycles. The largest absolute Gasteiger partial charge is 0.468 e. The number of halogens is 1. The van der Waals surface area contributed by atoms with Crippen molar-refractivity contribution >= 4 is 35.2 Å². The van der Waals surface area contributed by atoms with Gasteiger partial charge in [-0.15, -0.1) is 0 Å². The molecule has 1 aromatic carbocycles. The number of hydrogen-bond acceptors (Lipinski definition) is 9. The predicted molar refractivity (Wildman–Crippen MR) is 145 cm³/mol. The van der Waals surface area contributed by atoms with Gasteiger partial charge in [-0.3, -0.25) is 14.9 Å². The molecule has 11 nitrogen and oxygen atoms in total. The zero-order valence-electron chi connectivity index (χ0n) is 22.9. The molecule has 12 heteroatoms. The highest BCUT2D eigenvalue weighted by Crippen LogP contribution is 2.44. The highest BCUT2D eigenvalue weighted by molar-refractivity contribution is 6.28. The van der Waals surface area contributed by atoms with Gasteiger partial charge in [-0.1, -0.05) is 24.3 Å². The summed E-state index contributed by atoms with van der Waals surface area (Å²) in [4.78, 5) is 49.8.